The molecule has 7 nitrogen and oxygen atoms in total. The van der Waals surface area contributed by atoms with Crippen molar-refractivity contribution < 1.29 is 19.1 Å². The molecule has 2 N–H and O–H groups in total. The van der Waals surface area contributed by atoms with Gasteiger partial charge < -0.3 is 14.8 Å². The largest absolute Gasteiger partial charge is 0.480 e. The maximum absolute atomic E-state index is 10.9. The molecule has 1 amide bonds. The molecule has 1 atom stereocenters. The molecule has 1 aromatic heterocycles. The molecule has 1 rings (SSSR count). The minimum absolute atomic E-state index is 0.213. The number of amides is 1. The van der Waals surface area contributed by atoms with Crippen LogP contribution in [0.3, 0.4) is 0 Å². The van der Waals surface area contributed by atoms with E-state index in [1.54, 1.807) is 0 Å². The SMILES string of the molecule is CC(=O)NC(CSCc1nnc(C(C)(C)C)o1)C(=O)O. The van der Waals surface area contributed by atoms with Gasteiger partial charge in [0.1, 0.15) is 6.04 Å². The lowest BCUT2D eigenvalue weighted by Crippen LogP contribution is -2.41. The number of carbonyl (C=O) groups is 2. The predicted molar refractivity (Wildman–Crippen MR) is 74.4 cm³/mol. The van der Waals surface area contributed by atoms with Gasteiger partial charge in [0.15, 0.2) is 0 Å². The van der Waals surface area contributed by atoms with Crippen molar-refractivity contribution in [1.29, 1.82) is 0 Å². The van der Waals surface area contributed by atoms with Gasteiger partial charge in [-0.2, -0.15) is 0 Å². The lowest BCUT2D eigenvalue weighted by atomic mass is 9.97. The molecule has 0 aliphatic carbocycles. The van der Waals surface area contributed by atoms with Crippen LogP contribution < -0.4 is 5.32 Å². The van der Waals surface area contributed by atoms with Crippen LogP contribution in [0.4, 0.5) is 0 Å². The molecule has 0 aliphatic heterocycles. The topological polar surface area (TPSA) is 105 Å². The molecule has 0 saturated heterocycles. The number of aromatic nitrogens is 2. The van der Waals surface area contributed by atoms with Gasteiger partial charge in [0.05, 0.1) is 5.75 Å². The Hall–Kier alpha value is -1.57. The second kappa shape index (κ2) is 6.74. The lowest BCUT2D eigenvalue weighted by Gasteiger charge is -2.12. The van der Waals surface area contributed by atoms with Crippen molar-refractivity contribution in [3.8, 4) is 0 Å². The first-order valence-corrected chi connectivity index (χ1v) is 7.26. The Bertz CT molecular complexity index is 481. The first kappa shape index (κ1) is 16.5. The van der Waals surface area contributed by atoms with Gasteiger partial charge in [-0.1, -0.05) is 20.8 Å². The van der Waals surface area contributed by atoms with Gasteiger partial charge >= 0.3 is 5.97 Å². The van der Waals surface area contributed by atoms with E-state index in [1.165, 1.54) is 18.7 Å². The summed E-state index contributed by atoms with van der Waals surface area (Å²) in [7, 11) is 0. The van der Waals surface area contributed by atoms with Crippen LogP contribution in [0.5, 0.6) is 0 Å². The first-order chi connectivity index (χ1) is 9.20. The zero-order valence-electron chi connectivity index (χ0n) is 12.0. The summed E-state index contributed by atoms with van der Waals surface area (Å²) in [6.45, 7) is 7.19. The second-order valence-corrected chi connectivity index (χ2v) is 6.39. The number of nitrogens with one attached hydrogen (secondary N) is 1. The minimum atomic E-state index is -1.06. The summed E-state index contributed by atoms with van der Waals surface area (Å²) in [5.74, 6) is 0.213. The van der Waals surface area contributed by atoms with E-state index in [4.69, 9.17) is 9.52 Å². The Balaban J connectivity index is 2.49. The molecule has 1 unspecified atom stereocenters. The van der Waals surface area contributed by atoms with Crippen molar-refractivity contribution in [3.63, 3.8) is 0 Å². The van der Waals surface area contributed by atoms with Crippen molar-refractivity contribution in [2.75, 3.05) is 5.75 Å². The highest BCUT2D eigenvalue weighted by Crippen LogP contribution is 2.22. The maximum Gasteiger partial charge on any atom is 0.327 e. The summed E-state index contributed by atoms with van der Waals surface area (Å²) in [4.78, 5) is 21.8. The van der Waals surface area contributed by atoms with Crippen molar-refractivity contribution >= 4 is 23.6 Å². The van der Waals surface area contributed by atoms with E-state index in [1.807, 2.05) is 20.8 Å². The van der Waals surface area contributed by atoms with E-state index in [9.17, 15) is 9.59 Å². The van der Waals surface area contributed by atoms with Gasteiger partial charge in [-0.05, 0) is 0 Å². The number of carbonyl (C=O) groups excluding carboxylic acids is 1. The van der Waals surface area contributed by atoms with Crippen molar-refractivity contribution in [3.05, 3.63) is 11.8 Å². The number of nitrogens with zero attached hydrogens (tertiary/aromatic N) is 2. The molecule has 1 heterocycles. The highest BCUT2D eigenvalue weighted by Gasteiger charge is 2.22. The fourth-order valence-electron chi connectivity index (χ4n) is 1.30. The second-order valence-electron chi connectivity index (χ2n) is 5.36. The van der Waals surface area contributed by atoms with Crippen LogP contribution in [0.25, 0.3) is 0 Å². The molecular formula is C12H19N3O4S. The molecule has 0 spiro atoms. The highest BCUT2D eigenvalue weighted by atomic mass is 32.2. The van der Waals surface area contributed by atoms with Gasteiger partial charge in [0.25, 0.3) is 0 Å². The predicted octanol–water partition coefficient (Wildman–Crippen LogP) is 1.19. The Morgan fingerprint density at radius 2 is 2.05 bits per heavy atom. The molecule has 0 saturated carbocycles. The number of carboxylic acid groups (broad SMARTS) is 1. The normalized spacial score (nSPS) is 13.0. The third-order valence-electron chi connectivity index (χ3n) is 2.29. The van der Waals surface area contributed by atoms with E-state index in [0.29, 0.717) is 17.5 Å². The third kappa shape index (κ3) is 5.20. The van der Waals surface area contributed by atoms with Gasteiger partial charge in [-0.15, -0.1) is 22.0 Å². The standard InChI is InChI=1S/C12H19N3O4S/c1-7(16)13-8(10(17)18)5-20-6-9-14-15-11(19-9)12(2,3)4/h8H,5-6H2,1-4H3,(H,13,16)(H,17,18). The number of aliphatic carboxylic acids is 1. The average molecular weight is 301 g/mol. The highest BCUT2D eigenvalue weighted by molar-refractivity contribution is 7.98. The quantitative estimate of drug-likeness (QED) is 0.813. The average Bonchev–Trinajstić information content (AvgIpc) is 2.75. The first-order valence-electron chi connectivity index (χ1n) is 6.10. The summed E-state index contributed by atoms with van der Waals surface area (Å²) in [5.41, 5.74) is -0.213. The van der Waals surface area contributed by atoms with E-state index < -0.39 is 12.0 Å². The minimum Gasteiger partial charge on any atom is -0.480 e. The molecule has 0 aromatic carbocycles. The monoisotopic (exact) mass is 301 g/mol. The van der Waals surface area contributed by atoms with Gasteiger partial charge in [-0.3, -0.25) is 4.79 Å². The van der Waals surface area contributed by atoms with Gasteiger partial charge in [0.2, 0.25) is 17.7 Å². The van der Waals surface area contributed by atoms with Crippen LogP contribution in [0.2, 0.25) is 0 Å². The van der Waals surface area contributed by atoms with Crippen LogP contribution in [-0.4, -0.2) is 39.0 Å². The Morgan fingerprint density at radius 3 is 2.50 bits per heavy atom. The fraction of sp³-hybridized carbons (Fsp3) is 0.667. The molecule has 1 aromatic rings. The van der Waals surface area contributed by atoms with Crippen molar-refractivity contribution in [1.82, 2.24) is 15.5 Å². The van der Waals surface area contributed by atoms with E-state index >= 15 is 0 Å². The fourth-order valence-corrected chi connectivity index (χ4v) is 2.17. The summed E-state index contributed by atoms with van der Waals surface area (Å²) >= 11 is 1.32. The summed E-state index contributed by atoms with van der Waals surface area (Å²) < 4.78 is 5.49. The van der Waals surface area contributed by atoms with Crippen LogP contribution in [0.15, 0.2) is 4.42 Å². The molecule has 0 radical (unpaired) electrons. The summed E-state index contributed by atoms with van der Waals surface area (Å²) in [5, 5.41) is 19.2. The number of carboxylic acids is 1. The smallest absolute Gasteiger partial charge is 0.327 e. The maximum atomic E-state index is 10.9. The molecule has 0 fully saturated rings. The number of rotatable bonds is 6. The van der Waals surface area contributed by atoms with Crippen LogP contribution in [-0.2, 0) is 20.8 Å². The van der Waals surface area contributed by atoms with Gasteiger partial charge in [-0.25, -0.2) is 4.79 Å². The van der Waals surface area contributed by atoms with Crippen molar-refractivity contribution in [2.45, 2.75) is 44.9 Å². The lowest BCUT2D eigenvalue weighted by molar-refractivity contribution is -0.140. The molecule has 0 bridgehead atoms. The Labute approximate surface area is 121 Å². The number of thioether (sulfide) groups is 1. The molecule has 0 aliphatic rings. The molecule has 112 valence electrons. The van der Waals surface area contributed by atoms with Crippen LogP contribution in [0, 0.1) is 0 Å². The van der Waals surface area contributed by atoms with Crippen LogP contribution >= 0.6 is 11.8 Å². The zero-order chi connectivity index (χ0) is 15.3. The molecule has 8 heteroatoms. The van der Waals surface area contributed by atoms with Crippen molar-refractivity contribution in [2.24, 2.45) is 0 Å². The van der Waals surface area contributed by atoms with E-state index in [-0.39, 0.29) is 17.1 Å². The molecule has 20 heavy (non-hydrogen) atoms. The Kier molecular flexibility index (Phi) is 5.55. The summed E-state index contributed by atoms with van der Waals surface area (Å²) in [6.07, 6.45) is 0. The molecular weight excluding hydrogens is 282 g/mol. The van der Waals surface area contributed by atoms with E-state index in [2.05, 4.69) is 15.5 Å². The zero-order valence-corrected chi connectivity index (χ0v) is 12.8. The van der Waals surface area contributed by atoms with Gasteiger partial charge in [0, 0.05) is 18.1 Å². The van der Waals surface area contributed by atoms with Crippen LogP contribution in [0.1, 0.15) is 39.5 Å². The number of hydrogen-bond donors (Lipinski definition) is 2. The summed E-state index contributed by atoms with van der Waals surface area (Å²) in [6, 6.07) is -0.914. The third-order valence-corrected chi connectivity index (χ3v) is 3.31. The van der Waals surface area contributed by atoms with E-state index in [0.717, 1.165) is 0 Å². The number of hydrogen-bond acceptors (Lipinski definition) is 6. The Morgan fingerprint density at radius 1 is 1.40 bits per heavy atom.